The van der Waals surface area contributed by atoms with E-state index in [1.165, 1.54) is 6.26 Å². The van der Waals surface area contributed by atoms with Crippen molar-refractivity contribution >= 4 is 23.2 Å². The summed E-state index contributed by atoms with van der Waals surface area (Å²) in [6.45, 7) is -0.182. The molecule has 0 saturated heterocycles. The minimum atomic E-state index is -0.351. The van der Waals surface area contributed by atoms with Gasteiger partial charge in [-0.2, -0.15) is 0 Å². The number of anilines is 1. The molecule has 0 unspecified atom stereocenters. The van der Waals surface area contributed by atoms with E-state index in [1.54, 1.807) is 41.0 Å². The van der Waals surface area contributed by atoms with Crippen molar-refractivity contribution in [1.29, 1.82) is 0 Å². The van der Waals surface area contributed by atoms with Crippen LogP contribution in [0.3, 0.4) is 0 Å². The minimum absolute atomic E-state index is 0.123. The molecule has 128 valence electrons. The summed E-state index contributed by atoms with van der Waals surface area (Å²) in [5.41, 5.74) is 0.258. The monoisotopic (exact) mass is 358 g/mol. The third-order valence-corrected chi connectivity index (χ3v) is 4.16. The van der Waals surface area contributed by atoms with Crippen LogP contribution in [0.25, 0.3) is 11.6 Å². The lowest BCUT2D eigenvalue weighted by Gasteiger charge is -2.04. The van der Waals surface area contributed by atoms with E-state index in [1.807, 2.05) is 0 Å². The molecule has 2 heterocycles. The van der Waals surface area contributed by atoms with Crippen LogP contribution in [-0.4, -0.2) is 20.3 Å². The first-order chi connectivity index (χ1) is 12.1. The summed E-state index contributed by atoms with van der Waals surface area (Å²) in [6, 6.07) is 10.4. The summed E-state index contributed by atoms with van der Waals surface area (Å²) in [5, 5.41) is 7.53. The van der Waals surface area contributed by atoms with Crippen molar-refractivity contribution in [2.75, 3.05) is 5.32 Å². The summed E-state index contributed by atoms with van der Waals surface area (Å²) >= 11 is 5.90. The molecule has 4 rings (SSSR count). The second-order valence-corrected chi connectivity index (χ2v) is 6.34. The molecule has 25 heavy (non-hydrogen) atoms. The van der Waals surface area contributed by atoms with Gasteiger partial charge in [0.1, 0.15) is 6.54 Å². The Morgan fingerprint density at radius 1 is 1.32 bits per heavy atom. The van der Waals surface area contributed by atoms with E-state index < -0.39 is 0 Å². The van der Waals surface area contributed by atoms with Crippen molar-refractivity contribution in [3.63, 3.8) is 0 Å². The molecule has 1 fully saturated rings. The lowest BCUT2D eigenvalue weighted by molar-refractivity contribution is -0.117. The van der Waals surface area contributed by atoms with Gasteiger partial charge in [-0.3, -0.25) is 9.36 Å². The van der Waals surface area contributed by atoms with Crippen LogP contribution in [0.1, 0.15) is 18.9 Å². The molecule has 1 amide bonds. The number of aromatic nitrogens is 3. The maximum Gasteiger partial charge on any atom is 0.347 e. The van der Waals surface area contributed by atoms with Crippen LogP contribution in [0.2, 0.25) is 5.02 Å². The fourth-order valence-corrected chi connectivity index (χ4v) is 2.85. The summed E-state index contributed by atoms with van der Waals surface area (Å²) in [5.74, 6) is 0.613. The van der Waals surface area contributed by atoms with Crippen LogP contribution in [0, 0.1) is 0 Å². The van der Waals surface area contributed by atoms with Crippen LogP contribution in [-0.2, 0) is 11.3 Å². The fraction of sp³-hybridized carbons (Fsp3) is 0.235. The van der Waals surface area contributed by atoms with E-state index in [9.17, 15) is 9.59 Å². The Morgan fingerprint density at radius 3 is 2.84 bits per heavy atom. The van der Waals surface area contributed by atoms with Crippen molar-refractivity contribution in [2.24, 2.45) is 0 Å². The second-order valence-electron chi connectivity index (χ2n) is 5.90. The molecular formula is C17H15ClN4O3. The van der Waals surface area contributed by atoms with E-state index in [-0.39, 0.29) is 24.2 Å². The van der Waals surface area contributed by atoms with Crippen LogP contribution in [0.15, 0.2) is 51.9 Å². The largest absolute Gasteiger partial charge is 0.461 e. The normalized spacial score (nSPS) is 13.8. The first-order valence-electron chi connectivity index (χ1n) is 7.90. The Morgan fingerprint density at radius 2 is 2.16 bits per heavy atom. The maximum atomic E-state index is 12.6. The highest BCUT2D eigenvalue weighted by atomic mass is 35.5. The number of hydrogen-bond acceptors (Lipinski definition) is 4. The Labute approximate surface area is 147 Å². The van der Waals surface area contributed by atoms with Gasteiger partial charge in [0.05, 0.1) is 6.26 Å². The smallest absolute Gasteiger partial charge is 0.347 e. The molecule has 1 saturated carbocycles. The van der Waals surface area contributed by atoms with Crippen LogP contribution >= 0.6 is 11.6 Å². The van der Waals surface area contributed by atoms with Gasteiger partial charge >= 0.3 is 5.69 Å². The SMILES string of the molecule is O=C(Cn1nc(-c2ccco2)n(C2CC2)c1=O)Nc1cccc(Cl)c1. The summed E-state index contributed by atoms with van der Waals surface area (Å²) in [6.07, 6.45) is 3.38. The number of carbonyl (C=O) groups is 1. The predicted octanol–water partition coefficient (Wildman–Crippen LogP) is 2.93. The topological polar surface area (TPSA) is 82.1 Å². The van der Waals surface area contributed by atoms with Gasteiger partial charge in [0, 0.05) is 16.8 Å². The van der Waals surface area contributed by atoms with Crippen LogP contribution in [0.5, 0.6) is 0 Å². The molecule has 0 radical (unpaired) electrons. The predicted molar refractivity (Wildman–Crippen MR) is 92.5 cm³/mol. The summed E-state index contributed by atoms with van der Waals surface area (Å²) in [7, 11) is 0. The van der Waals surface area contributed by atoms with Gasteiger partial charge < -0.3 is 9.73 Å². The standard InChI is InChI=1S/C17H15ClN4O3/c18-11-3-1-4-12(9-11)19-15(23)10-21-17(24)22(13-6-7-13)16(20-21)14-5-2-8-25-14/h1-5,8-9,13H,6-7,10H2,(H,19,23). The molecule has 0 aliphatic heterocycles. The van der Waals surface area contributed by atoms with Gasteiger partial charge in [0.15, 0.2) is 5.76 Å². The lowest BCUT2D eigenvalue weighted by Crippen LogP contribution is -2.30. The molecule has 0 bridgehead atoms. The number of carbonyl (C=O) groups excluding carboxylic acids is 1. The van der Waals surface area contributed by atoms with Gasteiger partial charge in [0.25, 0.3) is 0 Å². The summed E-state index contributed by atoms with van der Waals surface area (Å²) < 4.78 is 8.13. The Kier molecular flexibility index (Phi) is 3.93. The number of halogens is 1. The maximum absolute atomic E-state index is 12.6. The quantitative estimate of drug-likeness (QED) is 0.760. The zero-order chi connectivity index (χ0) is 17.4. The molecule has 8 heteroatoms. The fourth-order valence-electron chi connectivity index (χ4n) is 2.66. The molecule has 1 aliphatic rings. The number of hydrogen-bond donors (Lipinski definition) is 1. The van der Waals surface area contributed by atoms with Crippen molar-refractivity contribution in [2.45, 2.75) is 25.4 Å². The second kappa shape index (κ2) is 6.25. The molecule has 3 aromatic rings. The number of amides is 1. The van der Waals surface area contributed by atoms with Gasteiger partial charge in [-0.05, 0) is 43.2 Å². The van der Waals surface area contributed by atoms with E-state index in [0.29, 0.717) is 22.3 Å². The van der Waals surface area contributed by atoms with Crippen molar-refractivity contribution in [1.82, 2.24) is 14.3 Å². The highest BCUT2D eigenvalue weighted by molar-refractivity contribution is 6.30. The molecule has 0 atom stereocenters. The summed E-state index contributed by atoms with van der Waals surface area (Å²) in [4.78, 5) is 24.9. The van der Waals surface area contributed by atoms with E-state index in [0.717, 1.165) is 17.5 Å². The third kappa shape index (κ3) is 3.23. The Bertz CT molecular complexity index is 970. The van der Waals surface area contributed by atoms with E-state index in [2.05, 4.69) is 10.4 Å². The number of nitrogens with one attached hydrogen (secondary N) is 1. The van der Waals surface area contributed by atoms with Gasteiger partial charge in [0.2, 0.25) is 11.7 Å². The number of furan rings is 1. The van der Waals surface area contributed by atoms with Gasteiger partial charge in [-0.25, -0.2) is 9.48 Å². The van der Waals surface area contributed by atoms with Crippen molar-refractivity contribution in [3.8, 4) is 11.6 Å². The number of benzene rings is 1. The number of rotatable bonds is 5. The minimum Gasteiger partial charge on any atom is -0.461 e. The van der Waals surface area contributed by atoms with Crippen LogP contribution in [0.4, 0.5) is 5.69 Å². The van der Waals surface area contributed by atoms with Crippen LogP contribution < -0.4 is 11.0 Å². The average Bonchev–Trinajstić information content (AvgIpc) is 3.15. The first-order valence-corrected chi connectivity index (χ1v) is 8.28. The molecule has 0 spiro atoms. The van der Waals surface area contributed by atoms with Crippen molar-refractivity contribution < 1.29 is 9.21 Å². The molecule has 7 nitrogen and oxygen atoms in total. The number of nitrogens with zero attached hydrogens (tertiary/aromatic N) is 3. The van der Waals surface area contributed by atoms with E-state index >= 15 is 0 Å². The Balaban J connectivity index is 1.59. The molecule has 1 aromatic carbocycles. The molecule has 1 N–H and O–H groups in total. The lowest BCUT2D eigenvalue weighted by atomic mass is 10.3. The van der Waals surface area contributed by atoms with Gasteiger partial charge in [-0.1, -0.05) is 17.7 Å². The van der Waals surface area contributed by atoms with Crippen molar-refractivity contribution in [3.05, 3.63) is 58.2 Å². The van der Waals surface area contributed by atoms with Gasteiger partial charge in [-0.15, -0.1) is 5.10 Å². The highest BCUT2D eigenvalue weighted by Gasteiger charge is 2.31. The van der Waals surface area contributed by atoms with E-state index in [4.69, 9.17) is 16.0 Å². The third-order valence-electron chi connectivity index (χ3n) is 3.93. The molecule has 2 aromatic heterocycles. The Hall–Kier alpha value is -2.80. The zero-order valence-electron chi connectivity index (χ0n) is 13.2. The first kappa shape index (κ1) is 15.7. The zero-order valence-corrected chi connectivity index (χ0v) is 13.9. The average molecular weight is 359 g/mol. The molecule has 1 aliphatic carbocycles. The highest BCUT2D eigenvalue weighted by Crippen LogP contribution is 2.36. The molecular weight excluding hydrogens is 344 g/mol.